The Hall–Kier alpha value is -0.770. The Morgan fingerprint density at radius 3 is 2.89 bits per heavy atom. The highest BCUT2D eigenvalue weighted by Gasteiger charge is 2.17. The first kappa shape index (κ1) is 13.7. The van der Waals surface area contributed by atoms with E-state index in [1.165, 1.54) is 0 Å². The van der Waals surface area contributed by atoms with Crippen LogP contribution in [0.25, 0.3) is 0 Å². The molecule has 0 fully saturated rings. The summed E-state index contributed by atoms with van der Waals surface area (Å²) in [6.45, 7) is 3.08. The summed E-state index contributed by atoms with van der Waals surface area (Å²) in [6, 6.07) is 7.89. The summed E-state index contributed by atoms with van der Waals surface area (Å²) in [4.78, 5) is 0. The van der Waals surface area contributed by atoms with E-state index in [2.05, 4.69) is 28.2 Å². The van der Waals surface area contributed by atoms with E-state index in [1.807, 2.05) is 24.3 Å². The molecule has 2 aromatic rings. The van der Waals surface area contributed by atoms with Gasteiger partial charge in [-0.1, -0.05) is 34.5 Å². The third-order valence-corrected chi connectivity index (χ3v) is 3.70. The van der Waals surface area contributed by atoms with Gasteiger partial charge >= 0.3 is 0 Å². The minimum absolute atomic E-state index is 0.0942. The van der Waals surface area contributed by atoms with Gasteiger partial charge in [-0.25, -0.2) is 0 Å². The molecule has 1 heterocycles. The van der Waals surface area contributed by atoms with Gasteiger partial charge in [0.2, 0.25) is 0 Å². The third-order valence-electron chi connectivity index (χ3n) is 2.74. The number of furan rings is 1. The van der Waals surface area contributed by atoms with Crippen molar-refractivity contribution in [3.63, 3.8) is 0 Å². The molecule has 0 aliphatic carbocycles. The topological polar surface area (TPSA) is 25.2 Å². The second-order valence-corrected chi connectivity index (χ2v) is 5.40. The van der Waals surface area contributed by atoms with E-state index >= 15 is 0 Å². The number of nitrogens with one attached hydrogen (secondary N) is 1. The standard InChI is InChI=1S/C14H15BrClNO/c1-2-6-17-14(10-5-7-18-9-10)12-8-11(16)3-4-13(12)15/h3-5,7-9,14,17H,2,6H2,1H3. The summed E-state index contributed by atoms with van der Waals surface area (Å²) in [6.07, 6.45) is 4.53. The fraction of sp³-hybridized carbons (Fsp3) is 0.286. The summed E-state index contributed by atoms with van der Waals surface area (Å²) < 4.78 is 6.22. The summed E-state index contributed by atoms with van der Waals surface area (Å²) in [5.74, 6) is 0. The van der Waals surface area contributed by atoms with Gasteiger partial charge in [-0.3, -0.25) is 0 Å². The predicted molar refractivity (Wildman–Crippen MR) is 78.0 cm³/mol. The van der Waals surface area contributed by atoms with Gasteiger partial charge in [-0.2, -0.15) is 0 Å². The van der Waals surface area contributed by atoms with Crippen LogP contribution in [0.4, 0.5) is 0 Å². The zero-order valence-electron chi connectivity index (χ0n) is 10.1. The van der Waals surface area contributed by atoms with Crippen LogP contribution in [0.3, 0.4) is 0 Å². The second kappa shape index (κ2) is 6.41. The van der Waals surface area contributed by atoms with Gasteiger partial charge in [0.15, 0.2) is 0 Å². The van der Waals surface area contributed by atoms with Gasteiger partial charge in [0, 0.05) is 15.1 Å². The third kappa shape index (κ3) is 3.16. The molecule has 0 amide bonds. The first-order valence-corrected chi connectivity index (χ1v) is 7.10. The van der Waals surface area contributed by atoms with Gasteiger partial charge in [0.1, 0.15) is 0 Å². The maximum Gasteiger partial charge on any atom is 0.0953 e. The van der Waals surface area contributed by atoms with Gasteiger partial charge in [0.05, 0.1) is 18.6 Å². The molecule has 0 spiro atoms. The first-order chi connectivity index (χ1) is 8.72. The SMILES string of the molecule is CCCNC(c1ccoc1)c1cc(Cl)ccc1Br. The maximum absolute atomic E-state index is 6.08. The second-order valence-electron chi connectivity index (χ2n) is 4.11. The average Bonchev–Trinajstić information content (AvgIpc) is 2.88. The molecular weight excluding hydrogens is 314 g/mol. The Bertz CT molecular complexity index is 499. The quantitative estimate of drug-likeness (QED) is 0.854. The summed E-state index contributed by atoms with van der Waals surface area (Å²) >= 11 is 9.66. The van der Waals surface area contributed by atoms with E-state index < -0.39 is 0 Å². The van der Waals surface area contributed by atoms with E-state index in [4.69, 9.17) is 16.0 Å². The normalized spacial score (nSPS) is 12.6. The molecule has 0 saturated heterocycles. The van der Waals surface area contributed by atoms with Crippen LogP contribution in [-0.4, -0.2) is 6.54 Å². The zero-order valence-corrected chi connectivity index (χ0v) is 12.5. The molecule has 2 nitrogen and oxygen atoms in total. The molecule has 1 atom stereocenters. The van der Waals surface area contributed by atoms with Crippen molar-refractivity contribution in [1.82, 2.24) is 5.32 Å². The molecule has 0 bridgehead atoms. The van der Waals surface area contributed by atoms with Crippen LogP contribution < -0.4 is 5.32 Å². The Morgan fingerprint density at radius 1 is 1.39 bits per heavy atom. The van der Waals surface area contributed by atoms with Crippen LogP contribution in [0.5, 0.6) is 0 Å². The number of halogens is 2. The highest BCUT2D eigenvalue weighted by molar-refractivity contribution is 9.10. The van der Waals surface area contributed by atoms with Crippen molar-refractivity contribution >= 4 is 27.5 Å². The Morgan fingerprint density at radius 2 is 2.22 bits per heavy atom. The van der Waals surface area contributed by atoms with Crippen LogP contribution in [0.15, 0.2) is 45.7 Å². The van der Waals surface area contributed by atoms with Crippen molar-refractivity contribution in [3.05, 3.63) is 57.4 Å². The molecular formula is C14H15BrClNO. The molecule has 1 N–H and O–H groups in total. The van der Waals surface area contributed by atoms with Crippen LogP contribution in [0.2, 0.25) is 5.02 Å². The Balaban J connectivity index is 2.36. The van der Waals surface area contributed by atoms with Crippen molar-refractivity contribution in [3.8, 4) is 0 Å². The minimum atomic E-state index is 0.0942. The molecule has 0 radical (unpaired) electrons. The van der Waals surface area contributed by atoms with Crippen molar-refractivity contribution in [2.24, 2.45) is 0 Å². The lowest BCUT2D eigenvalue weighted by Crippen LogP contribution is -2.23. The molecule has 0 aliphatic rings. The number of hydrogen-bond donors (Lipinski definition) is 1. The van der Waals surface area contributed by atoms with Crippen LogP contribution in [0, 0.1) is 0 Å². The lowest BCUT2D eigenvalue weighted by atomic mass is 10.0. The lowest BCUT2D eigenvalue weighted by Gasteiger charge is -2.19. The molecule has 0 aliphatic heterocycles. The summed E-state index contributed by atoms with van der Waals surface area (Å²) in [7, 11) is 0. The van der Waals surface area contributed by atoms with Crippen molar-refractivity contribution in [1.29, 1.82) is 0 Å². The molecule has 1 aromatic carbocycles. The van der Waals surface area contributed by atoms with Gasteiger partial charge in [-0.15, -0.1) is 0 Å². The highest BCUT2D eigenvalue weighted by atomic mass is 79.9. The Kier molecular flexibility index (Phi) is 4.87. The van der Waals surface area contributed by atoms with E-state index in [0.717, 1.165) is 33.6 Å². The smallest absolute Gasteiger partial charge is 0.0953 e. The first-order valence-electron chi connectivity index (χ1n) is 5.92. The molecule has 4 heteroatoms. The molecule has 2 rings (SSSR count). The minimum Gasteiger partial charge on any atom is -0.472 e. The van der Waals surface area contributed by atoms with Crippen LogP contribution in [0.1, 0.15) is 30.5 Å². The molecule has 96 valence electrons. The largest absolute Gasteiger partial charge is 0.472 e. The van der Waals surface area contributed by atoms with Crippen molar-refractivity contribution in [2.75, 3.05) is 6.54 Å². The highest BCUT2D eigenvalue weighted by Crippen LogP contribution is 2.31. The molecule has 18 heavy (non-hydrogen) atoms. The summed E-state index contributed by atoms with van der Waals surface area (Å²) in [5.41, 5.74) is 2.23. The summed E-state index contributed by atoms with van der Waals surface area (Å²) in [5, 5.41) is 4.24. The van der Waals surface area contributed by atoms with Gasteiger partial charge < -0.3 is 9.73 Å². The lowest BCUT2D eigenvalue weighted by molar-refractivity contribution is 0.548. The van der Waals surface area contributed by atoms with Crippen molar-refractivity contribution in [2.45, 2.75) is 19.4 Å². The molecule has 0 saturated carbocycles. The fourth-order valence-electron chi connectivity index (χ4n) is 1.87. The van der Waals surface area contributed by atoms with E-state index in [1.54, 1.807) is 12.5 Å². The van der Waals surface area contributed by atoms with Crippen LogP contribution in [-0.2, 0) is 0 Å². The van der Waals surface area contributed by atoms with Gasteiger partial charge in [-0.05, 0) is 42.8 Å². The fourth-order valence-corrected chi connectivity index (χ4v) is 2.53. The van der Waals surface area contributed by atoms with E-state index in [0.29, 0.717) is 0 Å². The van der Waals surface area contributed by atoms with Crippen LogP contribution >= 0.6 is 27.5 Å². The number of rotatable bonds is 5. The van der Waals surface area contributed by atoms with Crippen molar-refractivity contribution < 1.29 is 4.42 Å². The zero-order chi connectivity index (χ0) is 13.0. The number of hydrogen-bond acceptors (Lipinski definition) is 2. The molecule has 1 aromatic heterocycles. The maximum atomic E-state index is 6.08. The van der Waals surface area contributed by atoms with E-state index in [-0.39, 0.29) is 6.04 Å². The predicted octanol–water partition coefficient (Wildman–Crippen LogP) is 4.78. The van der Waals surface area contributed by atoms with E-state index in [9.17, 15) is 0 Å². The molecule has 1 unspecified atom stereocenters. The monoisotopic (exact) mass is 327 g/mol. The average molecular weight is 329 g/mol. The van der Waals surface area contributed by atoms with Gasteiger partial charge in [0.25, 0.3) is 0 Å². The number of benzene rings is 1. The Labute approximate surface area is 120 Å².